The van der Waals surface area contributed by atoms with Crippen molar-refractivity contribution in [1.82, 2.24) is 0 Å². The summed E-state index contributed by atoms with van der Waals surface area (Å²) in [6.07, 6.45) is 11.3. The lowest BCUT2D eigenvalue weighted by Crippen LogP contribution is -2.20. The Bertz CT molecular complexity index is 336. The molecule has 0 aromatic heterocycles. The van der Waals surface area contributed by atoms with Crippen molar-refractivity contribution in [3.05, 3.63) is 12.7 Å². The molecular weight excluding hydrogens is 288 g/mol. The van der Waals surface area contributed by atoms with Crippen molar-refractivity contribution in [3.63, 3.8) is 0 Å². The number of carboxylic acid groups (broad SMARTS) is 1. The largest absolute Gasteiger partial charge is 0.481 e. The third-order valence-electron chi connectivity index (χ3n) is 4.97. The first kappa shape index (κ1) is 22.2. The molecule has 3 nitrogen and oxygen atoms in total. The zero-order valence-corrected chi connectivity index (χ0v) is 15.7. The van der Waals surface area contributed by atoms with E-state index in [1.807, 2.05) is 6.92 Å². The summed E-state index contributed by atoms with van der Waals surface area (Å²) in [6, 6.07) is 0. The molecule has 0 aliphatic rings. The normalized spacial score (nSPS) is 18.0. The van der Waals surface area contributed by atoms with E-state index in [9.17, 15) is 9.90 Å². The fraction of sp³-hybridized carbons (Fsp3) is 0.850. The van der Waals surface area contributed by atoms with Gasteiger partial charge in [0.25, 0.3) is 0 Å². The maximum Gasteiger partial charge on any atom is 0.306 e. The Kier molecular flexibility index (Phi) is 11.2. The van der Waals surface area contributed by atoms with Crippen molar-refractivity contribution in [2.24, 2.45) is 17.8 Å². The van der Waals surface area contributed by atoms with Crippen LogP contribution in [0.3, 0.4) is 0 Å². The minimum absolute atomic E-state index is 0.213. The van der Waals surface area contributed by atoms with Crippen LogP contribution in [-0.2, 0) is 4.79 Å². The maximum absolute atomic E-state index is 10.8. The molecule has 4 atom stereocenters. The van der Waals surface area contributed by atoms with Crippen LogP contribution in [0.5, 0.6) is 0 Å². The van der Waals surface area contributed by atoms with Gasteiger partial charge in [-0.05, 0) is 31.6 Å². The summed E-state index contributed by atoms with van der Waals surface area (Å²) in [6.45, 7) is 11.8. The van der Waals surface area contributed by atoms with Crippen molar-refractivity contribution in [3.8, 4) is 0 Å². The Balaban J connectivity index is 3.64. The van der Waals surface area contributed by atoms with Crippen LogP contribution in [-0.4, -0.2) is 21.8 Å². The van der Waals surface area contributed by atoms with Gasteiger partial charge in [0.2, 0.25) is 0 Å². The highest BCUT2D eigenvalue weighted by Crippen LogP contribution is 2.23. The Morgan fingerprint density at radius 2 is 1.43 bits per heavy atom. The van der Waals surface area contributed by atoms with Crippen molar-refractivity contribution in [1.29, 1.82) is 0 Å². The van der Waals surface area contributed by atoms with Gasteiger partial charge in [-0.25, -0.2) is 0 Å². The van der Waals surface area contributed by atoms with Gasteiger partial charge in [-0.3, -0.25) is 4.79 Å². The van der Waals surface area contributed by atoms with E-state index in [0.29, 0.717) is 11.8 Å². The molecule has 0 spiro atoms. The predicted molar refractivity (Wildman–Crippen MR) is 97.5 cm³/mol. The summed E-state index contributed by atoms with van der Waals surface area (Å²) in [5.41, 5.74) is -0.721. The van der Waals surface area contributed by atoms with Crippen LogP contribution in [0, 0.1) is 17.8 Å². The lowest BCUT2D eigenvalue weighted by molar-refractivity contribution is -0.141. The summed E-state index contributed by atoms with van der Waals surface area (Å²) in [5.74, 6) is 0.497. The van der Waals surface area contributed by atoms with Gasteiger partial charge in [0.05, 0.1) is 11.5 Å². The third kappa shape index (κ3) is 12.3. The fourth-order valence-electron chi connectivity index (χ4n) is 2.91. The fourth-order valence-corrected chi connectivity index (χ4v) is 2.91. The molecule has 0 saturated heterocycles. The van der Waals surface area contributed by atoms with Gasteiger partial charge in [-0.2, -0.15) is 0 Å². The van der Waals surface area contributed by atoms with Crippen molar-refractivity contribution < 1.29 is 15.0 Å². The van der Waals surface area contributed by atoms with E-state index >= 15 is 0 Å². The first-order valence-corrected chi connectivity index (χ1v) is 9.26. The van der Waals surface area contributed by atoms with Crippen molar-refractivity contribution in [2.75, 3.05) is 0 Å². The molecule has 0 aliphatic carbocycles. The number of carbonyl (C=O) groups is 1. The van der Waals surface area contributed by atoms with Crippen LogP contribution in [0.1, 0.15) is 85.5 Å². The molecule has 136 valence electrons. The Morgan fingerprint density at radius 3 is 1.87 bits per heavy atom. The summed E-state index contributed by atoms with van der Waals surface area (Å²) in [4.78, 5) is 10.8. The molecule has 0 aliphatic heterocycles. The van der Waals surface area contributed by atoms with E-state index < -0.39 is 11.6 Å². The molecule has 0 saturated carbocycles. The number of hydrogen-bond acceptors (Lipinski definition) is 2. The van der Waals surface area contributed by atoms with Crippen molar-refractivity contribution in [2.45, 2.75) is 91.1 Å². The van der Waals surface area contributed by atoms with E-state index in [1.165, 1.54) is 19.3 Å². The van der Waals surface area contributed by atoms with Crippen LogP contribution in [0.2, 0.25) is 0 Å². The van der Waals surface area contributed by atoms with Crippen LogP contribution in [0.25, 0.3) is 0 Å². The molecule has 0 fully saturated rings. The first-order chi connectivity index (χ1) is 10.7. The highest BCUT2D eigenvalue weighted by molar-refractivity contribution is 5.69. The average Bonchev–Trinajstić information content (AvgIpc) is 2.46. The second kappa shape index (κ2) is 11.7. The molecule has 23 heavy (non-hydrogen) atoms. The Labute approximate surface area is 143 Å². The van der Waals surface area contributed by atoms with Gasteiger partial charge >= 0.3 is 5.97 Å². The molecule has 4 unspecified atom stereocenters. The van der Waals surface area contributed by atoms with Crippen LogP contribution in [0.15, 0.2) is 12.7 Å². The molecule has 3 heteroatoms. The highest BCUT2D eigenvalue weighted by atomic mass is 16.4. The lowest BCUT2D eigenvalue weighted by atomic mass is 9.90. The van der Waals surface area contributed by atoms with Gasteiger partial charge in [0.1, 0.15) is 0 Å². The number of aliphatic carboxylic acids is 1. The monoisotopic (exact) mass is 326 g/mol. The predicted octanol–water partition coefficient (Wildman–Crippen LogP) is 5.43. The summed E-state index contributed by atoms with van der Waals surface area (Å²) >= 11 is 0. The van der Waals surface area contributed by atoms with Crippen molar-refractivity contribution >= 4 is 5.97 Å². The van der Waals surface area contributed by atoms with E-state index in [-0.39, 0.29) is 5.92 Å². The number of carboxylic acids is 1. The van der Waals surface area contributed by atoms with Gasteiger partial charge in [0.15, 0.2) is 0 Å². The summed E-state index contributed by atoms with van der Waals surface area (Å²) in [7, 11) is 0. The number of hydrogen-bond donors (Lipinski definition) is 2. The molecule has 0 rings (SSSR count). The van der Waals surface area contributed by atoms with Gasteiger partial charge in [-0.15, -0.1) is 6.58 Å². The molecule has 0 heterocycles. The second-order valence-corrected chi connectivity index (χ2v) is 7.76. The van der Waals surface area contributed by atoms with E-state index in [1.54, 1.807) is 13.0 Å². The highest BCUT2D eigenvalue weighted by Gasteiger charge is 2.15. The average molecular weight is 327 g/mol. The quantitative estimate of drug-likeness (QED) is 0.419. The van der Waals surface area contributed by atoms with E-state index in [0.717, 1.165) is 38.5 Å². The molecular formula is C20H38O3. The molecule has 2 N–H and O–H groups in total. The molecule has 0 radical (unpaired) electrons. The van der Waals surface area contributed by atoms with Gasteiger partial charge < -0.3 is 10.2 Å². The first-order valence-electron chi connectivity index (χ1n) is 9.26. The Morgan fingerprint density at radius 1 is 1.00 bits per heavy atom. The van der Waals surface area contributed by atoms with Crippen LogP contribution in [0.4, 0.5) is 0 Å². The molecule has 0 bridgehead atoms. The Hall–Kier alpha value is -0.830. The summed E-state index contributed by atoms with van der Waals surface area (Å²) < 4.78 is 0. The number of rotatable bonds is 14. The SMILES string of the molecule is C=CC(C)(O)CCCC(C)CCCC(C)CCCC(C)C(=O)O. The van der Waals surface area contributed by atoms with Crippen LogP contribution < -0.4 is 0 Å². The van der Waals surface area contributed by atoms with E-state index in [2.05, 4.69) is 20.4 Å². The smallest absolute Gasteiger partial charge is 0.306 e. The van der Waals surface area contributed by atoms with Gasteiger partial charge in [-0.1, -0.05) is 71.8 Å². The van der Waals surface area contributed by atoms with Crippen LogP contribution >= 0.6 is 0 Å². The lowest BCUT2D eigenvalue weighted by Gasteiger charge is -2.20. The third-order valence-corrected chi connectivity index (χ3v) is 4.97. The maximum atomic E-state index is 10.8. The number of aliphatic hydroxyl groups is 1. The minimum atomic E-state index is -0.721. The minimum Gasteiger partial charge on any atom is -0.481 e. The zero-order chi connectivity index (χ0) is 17.9. The molecule has 0 aromatic rings. The summed E-state index contributed by atoms with van der Waals surface area (Å²) in [5, 5.41) is 18.8. The standard InChI is InChI=1S/C20H38O3/c1-6-20(5,23)15-9-13-17(3)11-7-10-16(2)12-8-14-18(4)19(21)22/h6,16-18,23H,1,7-15H2,2-5H3,(H,21,22). The van der Waals surface area contributed by atoms with Gasteiger partial charge in [0, 0.05) is 0 Å². The van der Waals surface area contributed by atoms with E-state index in [4.69, 9.17) is 5.11 Å². The molecule has 0 aromatic carbocycles. The zero-order valence-electron chi connectivity index (χ0n) is 15.7. The second-order valence-electron chi connectivity index (χ2n) is 7.76. The topological polar surface area (TPSA) is 57.5 Å². The molecule has 0 amide bonds.